The number of fused-ring (bicyclic) bond motifs is 1. The lowest BCUT2D eigenvalue weighted by Gasteiger charge is -2.16. The summed E-state index contributed by atoms with van der Waals surface area (Å²) in [6, 6.07) is 12.8. The van der Waals surface area contributed by atoms with Gasteiger partial charge in [-0.2, -0.15) is 0 Å². The van der Waals surface area contributed by atoms with Gasteiger partial charge in [0.05, 0.1) is 0 Å². The number of carboxylic acid groups (broad SMARTS) is 1. The molecule has 0 aliphatic rings. The molecule has 0 spiro atoms. The van der Waals surface area contributed by atoms with E-state index in [0.717, 1.165) is 42.0 Å². The number of carboxylic acids is 1. The quantitative estimate of drug-likeness (QED) is 0.367. The van der Waals surface area contributed by atoms with Crippen LogP contribution in [-0.2, 0) is 16.0 Å². The smallest absolute Gasteiger partial charge is 0.326 e. The van der Waals surface area contributed by atoms with E-state index < -0.39 is 12.0 Å². The monoisotopic (exact) mass is 381 g/mol. The molecule has 2 rings (SSSR count). The van der Waals surface area contributed by atoms with Crippen LogP contribution in [0.3, 0.4) is 0 Å². The minimum Gasteiger partial charge on any atom is -0.480 e. The number of carbonyl (C=O) groups excluding carboxylic acids is 1. The summed E-state index contributed by atoms with van der Waals surface area (Å²) in [6.07, 6.45) is 10.1. The third-order valence-electron chi connectivity index (χ3n) is 5.00. The first-order valence-corrected chi connectivity index (χ1v) is 10.2. The first-order valence-electron chi connectivity index (χ1n) is 10.2. The lowest BCUT2D eigenvalue weighted by molar-refractivity contribution is -0.141. The molecule has 2 aromatic rings. The van der Waals surface area contributed by atoms with Gasteiger partial charge in [0, 0.05) is 12.8 Å². The molecule has 0 aliphatic carbocycles. The third-order valence-corrected chi connectivity index (χ3v) is 5.00. The summed E-state index contributed by atoms with van der Waals surface area (Å²) in [7, 11) is 0. The fraction of sp³-hybridized carbons (Fsp3) is 0.417. The van der Waals surface area contributed by atoms with Gasteiger partial charge in [-0.05, 0) is 35.6 Å². The number of rotatable bonds is 13. The predicted molar refractivity (Wildman–Crippen MR) is 114 cm³/mol. The number of benzene rings is 2. The molecule has 0 saturated heterocycles. The number of amides is 1. The number of allylic oxidation sites excluding steroid dienone is 1. The third kappa shape index (κ3) is 7.18. The van der Waals surface area contributed by atoms with E-state index in [4.69, 9.17) is 0 Å². The fourth-order valence-electron chi connectivity index (χ4n) is 3.44. The zero-order valence-electron chi connectivity index (χ0n) is 16.5. The predicted octanol–water partition coefficient (Wildman–Crippen LogP) is 5.26. The molecular formula is C24H31NO3. The van der Waals surface area contributed by atoms with Gasteiger partial charge < -0.3 is 10.4 Å². The molecule has 0 fully saturated rings. The SMILES string of the molecule is C=CCCCCCCCCC(=O)NC(Cc1cccc2ccccc12)C(=O)O. The van der Waals surface area contributed by atoms with E-state index >= 15 is 0 Å². The molecule has 2 N–H and O–H groups in total. The molecule has 0 aromatic heterocycles. The number of nitrogens with one attached hydrogen (secondary N) is 1. The highest BCUT2D eigenvalue weighted by Gasteiger charge is 2.21. The zero-order chi connectivity index (χ0) is 20.2. The second kappa shape index (κ2) is 12.0. The number of hydrogen-bond donors (Lipinski definition) is 2. The molecule has 0 radical (unpaired) electrons. The van der Waals surface area contributed by atoms with Crippen LogP contribution in [-0.4, -0.2) is 23.0 Å². The second-order valence-electron chi connectivity index (χ2n) is 7.25. The average Bonchev–Trinajstić information content (AvgIpc) is 2.69. The molecule has 0 saturated carbocycles. The minimum atomic E-state index is -0.997. The highest BCUT2D eigenvalue weighted by atomic mass is 16.4. The van der Waals surface area contributed by atoms with E-state index in [0.29, 0.717) is 6.42 Å². The molecule has 0 heterocycles. The summed E-state index contributed by atoms with van der Waals surface area (Å²) < 4.78 is 0. The van der Waals surface area contributed by atoms with Gasteiger partial charge in [0.25, 0.3) is 0 Å². The maximum Gasteiger partial charge on any atom is 0.326 e. The van der Waals surface area contributed by atoms with E-state index in [1.807, 2.05) is 48.5 Å². The molecular weight excluding hydrogens is 350 g/mol. The lowest BCUT2D eigenvalue weighted by Crippen LogP contribution is -2.42. The Morgan fingerprint density at radius 3 is 2.39 bits per heavy atom. The van der Waals surface area contributed by atoms with Gasteiger partial charge in [-0.1, -0.05) is 74.2 Å². The molecule has 28 heavy (non-hydrogen) atoms. The summed E-state index contributed by atoms with van der Waals surface area (Å²) in [5, 5.41) is 14.3. The molecule has 1 amide bonds. The Bertz CT molecular complexity index is 779. The van der Waals surface area contributed by atoms with Crippen molar-refractivity contribution in [2.24, 2.45) is 0 Å². The summed E-state index contributed by atoms with van der Waals surface area (Å²) in [4.78, 5) is 23.9. The second-order valence-corrected chi connectivity index (χ2v) is 7.25. The summed E-state index contributed by atoms with van der Waals surface area (Å²) in [6.45, 7) is 3.72. The molecule has 150 valence electrons. The topological polar surface area (TPSA) is 66.4 Å². The highest BCUT2D eigenvalue weighted by molar-refractivity contribution is 5.88. The number of carbonyl (C=O) groups is 2. The first-order chi connectivity index (χ1) is 13.6. The van der Waals surface area contributed by atoms with Crippen LogP contribution in [0, 0.1) is 0 Å². The number of hydrogen-bond acceptors (Lipinski definition) is 2. The van der Waals surface area contributed by atoms with E-state index in [1.165, 1.54) is 19.3 Å². The van der Waals surface area contributed by atoms with Crippen LogP contribution in [0.2, 0.25) is 0 Å². The Labute approximate surface area is 167 Å². The van der Waals surface area contributed by atoms with Gasteiger partial charge in [0.2, 0.25) is 5.91 Å². The van der Waals surface area contributed by atoms with Crippen LogP contribution >= 0.6 is 0 Å². The zero-order valence-corrected chi connectivity index (χ0v) is 16.5. The van der Waals surface area contributed by atoms with Crippen molar-refractivity contribution in [3.05, 3.63) is 60.7 Å². The van der Waals surface area contributed by atoms with Crippen molar-refractivity contribution < 1.29 is 14.7 Å². The molecule has 4 heteroatoms. The summed E-state index contributed by atoms with van der Waals surface area (Å²) in [5.74, 6) is -1.18. The Hall–Kier alpha value is -2.62. The Morgan fingerprint density at radius 2 is 1.64 bits per heavy atom. The Morgan fingerprint density at radius 1 is 0.964 bits per heavy atom. The highest BCUT2D eigenvalue weighted by Crippen LogP contribution is 2.20. The maximum atomic E-state index is 12.2. The van der Waals surface area contributed by atoms with Gasteiger partial charge >= 0.3 is 5.97 Å². The van der Waals surface area contributed by atoms with Crippen molar-refractivity contribution in [3.8, 4) is 0 Å². The van der Waals surface area contributed by atoms with E-state index in [-0.39, 0.29) is 12.3 Å². The average molecular weight is 382 g/mol. The van der Waals surface area contributed by atoms with Crippen molar-refractivity contribution >= 4 is 22.6 Å². The van der Waals surface area contributed by atoms with Crippen LogP contribution in [0.4, 0.5) is 0 Å². The standard InChI is InChI=1S/C24H31NO3/c1-2-3-4-5-6-7-8-9-17-23(26)25-22(24(27)28)18-20-15-12-14-19-13-10-11-16-21(19)20/h2,10-16,22H,1,3-9,17-18H2,(H,25,26)(H,27,28). The molecule has 1 atom stereocenters. The van der Waals surface area contributed by atoms with E-state index in [1.54, 1.807) is 0 Å². The van der Waals surface area contributed by atoms with E-state index in [2.05, 4.69) is 11.9 Å². The summed E-state index contributed by atoms with van der Waals surface area (Å²) >= 11 is 0. The van der Waals surface area contributed by atoms with Crippen LogP contribution < -0.4 is 5.32 Å². The van der Waals surface area contributed by atoms with Crippen molar-refractivity contribution in [3.63, 3.8) is 0 Å². The fourth-order valence-corrected chi connectivity index (χ4v) is 3.44. The van der Waals surface area contributed by atoms with Gasteiger partial charge in [0.1, 0.15) is 6.04 Å². The van der Waals surface area contributed by atoms with Gasteiger partial charge in [-0.25, -0.2) is 4.79 Å². The van der Waals surface area contributed by atoms with Crippen molar-refractivity contribution in [1.29, 1.82) is 0 Å². The normalized spacial score (nSPS) is 11.9. The van der Waals surface area contributed by atoms with Crippen LogP contribution in [0.15, 0.2) is 55.1 Å². The van der Waals surface area contributed by atoms with Gasteiger partial charge in [-0.3, -0.25) is 4.79 Å². The van der Waals surface area contributed by atoms with Crippen LogP contribution in [0.5, 0.6) is 0 Å². The first kappa shape index (κ1) is 21.7. The molecule has 0 bridgehead atoms. The summed E-state index contributed by atoms with van der Waals surface area (Å²) in [5.41, 5.74) is 0.935. The molecule has 2 aromatic carbocycles. The Kier molecular flexibility index (Phi) is 9.26. The van der Waals surface area contributed by atoms with Crippen LogP contribution in [0.1, 0.15) is 56.9 Å². The molecule has 4 nitrogen and oxygen atoms in total. The van der Waals surface area contributed by atoms with Crippen molar-refractivity contribution in [2.75, 3.05) is 0 Å². The van der Waals surface area contributed by atoms with Gasteiger partial charge in [0.15, 0.2) is 0 Å². The Balaban J connectivity index is 1.80. The minimum absolute atomic E-state index is 0.181. The van der Waals surface area contributed by atoms with Crippen LogP contribution in [0.25, 0.3) is 10.8 Å². The van der Waals surface area contributed by atoms with Crippen molar-refractivity contribution in [1.82, 2.24) is 5.32 Å². The lowest BCUT2D eigenvalue weighted by atomic mass is 9.98. The van der Waals surface area contributed by atoms with E-state index in [9.17, 15) is 14.7 Å². The number of unbranched alkanes of at least 4 members (excludes halogenated alkanes) is 6. The number of aliphatic carboxylic acids is 1. The van der Waals surface area contributed by atoms with Crippen molar-refractivity contribution in [2.45, 2.75) is 63.8 Å². The molecule has 0 aliphatic heterocycles. The van der Waals surface area contributed by atoms with Gasteiger partial charge in [-0.15, -0.1) is 6.58 Å². The maximum absolute atomic E-state index is 12.2. The molecule has 1 unspecified atom stereocenters. The largest absolute Gasteiger partial charge is 0.480 e.